The molecule has 0 spiro atoms. The van der Waals surface area contributed by atoms with Gasteiger partial charge in [-0.15, -0.1) is 0 Å². The lowest BCUT2D eigenvalue weighted by Crippen LogP contribution is -2.28. The first-order chi connectivity index (χ1) is 10.2. The van der Waals surface area contributed by atoms with Crippen molar-refractivity contribution < 1.29 is 4.74 Å². The zero-order valence-corrected chi connectivity index (χ0v) is 13.6. The van der Waals surface area contributed by atoms with Gasteiger partial charge < -0.3 is 15.0 Å². The molecule has 6 heteroatoms. The van der Waals surface area contributed by atoms with E-state index in [9.17, 15) is 0 Å². The summed E-state index contributed by atoms with van der Waals surface area (Å²) in [6, 6.07) is 0.414. The number of hydrogen-bond acceptors (Lipinski definition) is 6. The molecule has 2 rings (SSSR count). The van der Waals surface area contributed by atoms with Crippen LogP contribution >= 0.6 is 0 Å². The second-order valence-corrected chi connectivity index (χ2v) is 5.72. The van der Waals surface area contributed by atoms with Gasteiger partial charge in [-0.2, -0.15) is 15.0 Å². The van der Waals surface area contributed by atoms with Gasteiger partial charge >= 0.3 is 6.01 Å². The second-order valence-electron chi connectivity index (χ2n) is 5.72. The Bertz CT molecular complexity index is 461. The fourth-order valence-corrected chi connectivity index (χ4v) is 2.79. The average Bonchev–Trinajstić information content (AvgIpc) is 2.98. The molecule has 1 aliphatic rings. The van der Waals surface area contributed by atoms with Crippen molar-refractivity contribution in [1.82, 2.24) is 15.0 Å². The van der Waals surface area contributed by atoms with Gasteiger partial charge in [0.05, 0.1) is 6.61 Å². The van der Waals surface area contributed by atoms with Crippen LogP contribution in [0.1, 0.15) is 46.5 Å². The SMILES string of the molecule is CCCOc1nc(NC)nc(N2CCC(CC)(CC)C2)n1. The van der Waals surface area contributed by atoms with Crippen molar-refractivity contribution in [2.75, 3.05) is 37.0 Å². The Labute approximate surface area is 127 Å². The van der Waals surface area contributed by atoms with Crippen molar-refractivity contribution in [2.24, 2.45) is 5.41 Å². The van der Waals surface area contributed by atoms with Crippen LogP contribution in [-0.2, 0) is 0 Å². The van der Waals surface area contributed by atoms with E-state index in [1.165, 1.54) is 19.3 Å². The second kappa shape index (κ2) is 6.91. The molecule has 1 fully saturated rings. The molecule has 0 atom stereocenters. The minimum atomic E-state index is 0.400. The first-order valence-electron chi connectivity index (χ1n) is 7.98. The maximum Gasteiger partial charge on any atom is 0.323 e. The van der Waals surface area contributed by atoms with Crippen LogP contribution in [0, 0.1) is 5.41 Å². The Morgan fingerprint density at radius 1 is 1.19 bits per heavy atom. The minimum absolute atomic E-state index is 0.400. The summed E-state index contributed by atoms with van der Waals surface area (Å²) in [7, 11) is 1.81. The predicted octanol–water partition coefficient (Wildman–Crippen LogP) is 2.72. The Kier molecular flexibility index (Phi) is 5.20. The van der Waals surface area contributed by atoms with E-state index in [1.807, 2.05) is 7.05 Å². The van der Waals surface area contributed by atoms with Crippen LogP contribution in [0.15, 0.2) is 0 Å². The summed E-state index contributed by atoms with van der Waals surface area (Å²) >= 11 is 0. The van der Waals surface area contributed by atoms with Crippen molar-refractivity contribution in [3.8, 4) is 6.01 Å². The van der Waals surface area contributed by atoms with Gasteiger partial charge in [0.2, 0.25) is 11.9 Å². The van der Waals surface area contributed by atoms with E-state index in [4.69, 9.17) is 4.74 Å². The average molecular weight is 293 g/mol. The Morgan fingerprint density at radius 2 is 1.95 bits per heavy atom. The zero-order chi connectivity index (χ0) is 15.3. The molecule has 1 aromatic rings. The van der Waals surface area contributed by atoms with E-state index >= 15 is 0 Å². The standard InChI is InChI=1S/C15H27N5O/c1-5-10-21-14-18-12(16-4)17-13(19-14)20-9-8-15(6-2,7-3)11-20/h5-11H2,1-4H3,(H,16,17,18,19). The predicted molar refractivity (Wildman–Crippen MR) is 85.0 cm³/mol. The summed E-state index contributed by atoms with van der Waals surface area (Å²) in [5, 5.41) is 2.99. The molecule has 1 saturated heterocycles. The van der Waals surface area contributed by atoms with Crippen LogP contribution in [-0.4, -0.2) is 41.7 Å². The van der Waals surface area contributed by atoms with Crippen LogP contribution in [0.25, 0.3) is 0 Å². The van der Waals surface area contributed by atoms with E-state index < -0.39 is 0 Å². The van der Waals surface area contributed by atoms with Gasteiger partial charge in [0.25, 0.3) is 0 Å². The molecule has 0 bridgehead atoms. The van der Waals surface area contributed by atoms with Gasteiger partial charge in [-0.1, -0.05) is 20.8 Å². The topological polar surface area (TPSA) is 63.2 Å². The molecular formula is C15H27N5O. The Morgan fingerprint density at radius 3 is 2.52 bits per heavy atom. The third-order valence-corrected chi connectivity index (χ3v) is 4.48. The van der Waals surface area contributed by atoms with E-state index in [2.05, 4.69) is 45.9 Å². The van der Waals surface area contributed by atoms with Crippen molar-refractivity contribution >= 4 is 11.9 Å². The monoisotopic (exact) mass is 293 g/mol. The van der Waals surface area contributed by atoms with E-state index in [1.54, 1.807) is 0 Å². The van der Waals surface area contributed by atoms with Crippen molar-refractivity contribution in [3.63, 3.8) is 0 Å². The fraction of sp³-hybridized carbons (Fsp3) is 0.800. The molecule has 0 aliphatic carbocycles. The summed E-state index contributed by atoms with van der Waals surface area (Å²) in [5.41, 5.74) is 0.400. The molecule has 0 aromatic carbocycles. The molecule has 1 aliphatic heterocycles. The molecule has 0 amide bonds. The molecule has 0 saturated carbocycles. The molecule has 6 nitrogen and oxygen atoms in total. The van der Waals surface area contributed by atoms with Gasteiger partial charge in [0.15, 0.2) is 0 Å². The molecule has 1 aromatic heterocycles. The molecule has 2 heterocycles. The normalized spacial score (nSPS) is 17.0. The van der Waals surface area contributed by atoms with Crippen molar-refractivity contribution in [3.05, 3.63) is 0 Å². The molecular weight excluding hydrogens is 266 g/mol. The van der Waals surface area contributed by atoms with Gasteiger partial charge in [0, 0.05) is 20.1 Å². The molecule has 21 heavy (non-hydrogen) atoms. The molecule has 0 radical (unpaired) electrons. The largest absolute Gasteiger partial charge is 0.463 e. The lowest BCUT2D eigenvalue weighted by molar-refractivity contribution is 0.290. The maximum atomic E-state index is 5.57. The van der Waals surface area contributed by atoms with Gasteiger partial charge in [-0.3, -0.25) is 0 Å². The summed E-state index contributed by atoms with van der Waals surface area (Å²) in [6.45, 7) is 9.26. The lowest BCUT2D eigenvalue weighted by atomic mass is 9.82. The van der Waals surface area contributed by atoms with Gasteiger partial charge in [-0.25, -0.2) is 0 Å². The number of aromatic nitrogens is 3. The molecule has 1 N–H and O–H groups in total. The van der Waals surface area contributed by atoms with E-state index in [-0.39, 0.29) is 0 Å². The number of nitrogens with zero attached hydrogens (tertiary/aromatic N) is 4. The highest BCUT2D eigenvalue weighted by Gasteiger charge is 2.36. The molecule has 0 unspecified atom stereocenters. The first-order valence-corrected chi connectivity index (χ1v) is 7.98. The third-order valence-electron chi connectivity index (χ3n) is 4.48. The zero-order valence-electron chi connectivity index (χ0n) is 13.6. The summed E-state index contributed by atoms with van der Waals surface area (Å²) in [5.74, 6) is 1.29. The number of hydrogen-bond donors (Lipinski definition) is 1. The Hall–Kier alpha value is -1.59. The fourth-order valence-electron chi connectivity index (χ4n) is 2.79. The van der Waals surface area contributed by atoms with Crippen LogP contribution < -0.4 is 15.0 Å². The number of rotatable bonds is 7. The highest BCUT2D eigenvalue weighted by atomic mass is 16.5. The number of ether oxygens (including phenoxy) is 1. The summed E-state index contributed by atoms with van der Waals surface area (Å²) in [6.07, 6.45) is 4.53. The number of anilines is 2. The van der Waals surface area contributed by atoms with Crippen molar-refractivity contribution in [1.29, 1.82) is 0 Å². The highest BCUT2D eigenvalue weighted by molar-refractivity contribution is 5.39. The third kappa shape index (κ3) is 3.54. The van der Waals surface area contributed by atoms with Gasteiger partial charge in [-0.05, 0) is 31.1 Å². The summed E-state index contributed by atoms with van der Waals surface area (Å²) in [4.78, 5) is 15.5. The quantitative estimate of drug-likeness (QED) is 0.834. The minimum Gasteiger partial charge on any atom is -0.463 e. The highest BCUT2D eigenvalue weighted by Crippen LogP contribution is 2.38. The van der Waals surface area contributed by atoms with Crippen LogP contribution in [0.3, 0.4) is 0 Å². The number of nitrogens with one attached hydrogen (secondary N) is 1. The van der Waals surface area contributed by atoms with Crippen LogP contribution in [0.4, 0.5) is 11.9 Å². The lowest BCUT2D eigenvalue weighted by Gasteiger charge is -2.26. The van der Waals surface area contributed by atoms with Crippen molar-refractivity contribution in [2.45, 2.75) is 46.5 Å². The van der Waals surface area contributed by atoms with Gasteiger partial charge in [0.1, 0.15) is 0 Å². The maximum absolute atomic E-state index is 5.57. The van der Waals surface area contributed by atoms with E-state index in [0.717, 1.165) is 25.5 Å². The molecule has 118 valence electrons. The smallest absolute Gasteiger partial charge is 0.323 e. The van der Waals surface area contributed by atoms with Crippen LogP contribution in [0.5, 0.6) is 6.01 Å². The van der Waals surface area contributed by atoms with E-state index in [0.29, 0.717) is 24.0 Å². The summed E-state index contributed by atoms with van der Waals surface area (Å²) < 4.78 is 5.57. The first kappa shape index (κ1) is 15.8. The van der Waals surface area contributed by atoms with Crippen LogP contribution in [0.2, 0.25) is 0 Å². The Balaban J connectivity index is 2.19.